The van der Waals surface area contributed by atoms with E-state index in [1.54, 1.807) is 0 Å². The average Bonchev–Trinajstić information content (AvgIpc) is 2.30. The smallest absolute Gasteiger partial charge is 0.259 e. The third-order valence-electron chi connectivity index (χ3n) is 2.52. The van der Waals surface area contributed by atoms with E-state index >= 15 is 0 Å². The average molecular weight is 239 g/mol. The van der Waals surface area contributed by atoms with Crippen molar-refractivity contribution in [1.82, 2.24) is 4.98 Å². The zero-order valence-corrected chi connectivity index (χ0v) is 8.63. The fourth-order valence-corrected chi connectivity index (χ4v) is 1.54. The lowest BCUT2D eigenvalue weighted by Crippen LogP contribution is -1.88. The summed E-state index contributed by atoms with van der Waals surface area (Å²) in [5.74, 6) is -4.54. The van der Waals surface area contributed by atoms with E-state index in [0.29, 0.717) is 0 Å². The molecule has 90 valence electrons. The molecule has 1 heterocycles. The van der Waals surface area contributed by atoms with E-state index in [4.69, 9.17) is 0 Å². The van der Waals surface area contributed by atoms with Crippen molar-refractivity contribution in [2.45, 2.75) is 6.92 Å². The van der Waals surface area contributed by atoms with E-state index in [1.165, 1.54) is 6.92 Å². The van der Waals surface area contributed by atoms with Crippen molar-refractivity contribution >= 4 is 10.9 Å². The van der Waals surface area contributed by atoms with Gasteiger partial charge in [-0.05, 0) is 6.92 Å². The van der Waals surface area contributed by atoms with E-state index < -0.39 is 40.1 Å². The number of aromatic hydroxyl groups is 6. The van der Waals surface area contributed by atoms with Crippen LogP contribution in [-0.2, 0) is 0 Å². The highest BCUT2D eigenvalue weighted by atomic mass is 16.3. The monoisotopic (exact) mass is 239 g/mol. The molecular formula is C10H9NO6. The molecule has 0 aliphatic heterocycles. The Morgan fingerprint density at radius 2 is 1.29 bits per heavy atom. The van der Waals surface area contributed by atoms with Crippen molar-refractivity contribution < 1.29 is 30.6 Å². The quantitative estimate of drug-likeness (QED) is 0.295. The van der Waals surface area contributed by atoms with Crippen LogP contribution < -0.4 is 0 Å². The third-order valence-corrected chi connectivity index (χ3v) is 2.52. The van der Waals surface area contributed by atoms with Crippen molar-refractivity contribution in [3.8, 4) is 34.6 Å². The van der Waals surface area contributed by atoms with Crippen LogP contribution in [0.1, 0.15) is 5.56 Å². The van der Waals surface area contributed by atoms with Gasteiger partial charge in [-0.15, -0.1) is 0 Å². The Kier molecular flexibility index (Phi) is 2.06. The van der Waals surface area contributed by atoms with Gasteiger partial charge in [-0.1, -0.05) is 0 Å². The Hall–Kier alpha value is -2.57. The van der Waals surface area contributed by atoms with Crippen LogP contribution in [0.5, 0.6) is 34.6 Å². The second-order valence-electron chi connectivity index (χ2n) is 3.53. The number of rotatable bonds is 0. The van der Waals surface area contributed by atoms with Crippen LogP contribution in [0.4, 0.5) is 0 Å². The molecule has 7 nitrogen and oxygen atoms in total. The molecule has 0 aliphatic carbocycles. The Labute approximate surface area is 94.5 Å². The molecule has 1 aromatic heterocycles. The molecule has 0 bridgehead atoms. The first kappa shape index (κ1) is 10.9. The number of pyridine rings is 1. The summed E-state index contributed by atoms with van der Waals surface area (Å²) >= 11 is 0. The molecule has 6 N–H and O–H groups in total. The molecule has 1 aromatic carbocycles. The highest BCUT2D eigenvalue weighted by Crippen LogP contribution is 2.50. The van der Waals surface area contributed by atoms with Crippen LogP contribution in [0.25, 0.3) is 10.9 Å². The number of aromatic nitrogens is 1. The highest BCUT2D eigenvalue weighted by Gasteiger charge is 2.23. The Balaban J connectivity index is 3.12. The summed E-state index contributed by atoms with van der Waals surface area (Å²) in [6.07, 6.45) is 0. The van der Waals surface area contributed by atoms with Crippen molar-refractivity contribution in [2.24, 2.45) is 0 Å². The summed E-state index contributed by atoms with van der Waals surface area (Å²) in [5.41, 5.74) is -0.504. The standard InChI is InChI=1S/C10H9NO6/c1-2-5(12)3-4(8(15)6(2)13)11-10(17)9(16)7(3)14/h12-13,15-16H,1H3,(H2,11,14,17). The normalized spacial score (nSPS) is 10.9. The van der Waals surface area contributed by atoms with Gasteiger partial charge in [-0.2, -0.15) is 0 Å². The summed E-state index contributed by atoms with van der Waals surface area (Å²) in [4.78, 5) is 3.37. The third kappa shape index (κ3) is 1.25. The lowest BCUT2D eigenvalue weighted by Gasteiger charge is -2.11. The summed E-state index contributed by atoms with van der Waals surface area (Å²) < 4.78 is 0. The molecule has 0 aliphatic rings. The fourth-order valence-electron chi connectivity index (χ4n) is 1.54. The van der Waals surface area contributed by atoms with Crippen molar-refractivity contribution in [1.29, 1.82) is 0 Å². The lowest BCUT2D eigenvalue weighted by molar-refractivity contribution is 0.358. The molecule has 0 atom stereocenters. The Morgan fingerprint density at radius 1 is 0.706 bits per heavy atom. The number of fused-ring (bicyclic) bond motifs is 1. The van der Waals surface area contributed by atoms with Crippen molar-refractivity contribution in [3.05, 3.63) is 5.56 Å². The summed E-state index contributed by atoms with van der Waals surface area (Å²) in [7, 11) is 0. The number of nitrogens with zero attached hydrogens (tertiary/aromatic N) is 1. The number of hydrogen-bond acceptors (Lipinski definition) is 7. The number of hydrogen-bond donors (Lipinski definition) is 6. The molecule has 0 spiro atoms. The first-order valence-electron chi connectivity index (χ1n) is 4.54. The molecule has 0 radical (unpaired) electrons. The molecule has 2 rings (SSSR count). The van der Waals surface area contributed by atoms with Gasteiger partial charge in [-0.25, -0.2) is 4.98 Å². The maximum absolute atomic E-state index is 9.70. The highest BCUT2D eigenvalue weighted by molar-refractivity contribution is 5.99. The largest absolute Gasteiger partial charge is 0.507 e. The molecule has 0 amide bonds. The Bertz CT molecular complexity index is 629. The van der Waals surface area contributed by atoms with Gasteiger partial charge in [0.05, 0.1) is 5.39 Å². The first-order valence-corrected chi connectivity index (χ1v) is 4.54. The predicted octanol–water partition coefficient (Wildman–Crippen LogP) is 0.777. The summed E-state index contributed by atoms with van der Waals surface area (Å²) in [5, 5.41) is 56.4. The molecule has 0 unspecified atom stereocenters. The number of benzene rings is 1. The first-order chi connectivity index (χ1) is 7.86. The van der Waals surface area contributed by atoms with E-state index in [-0.39, 0.29) is 10.9 Å². The van der Waals surface area contributed by atoms with Gasteiger partial charge in [0.2, 0.25) is 5.75 Å². The second-order valence-corrected chi connectivity index (χ2v) is 3.53. The minimum atomic E-state index is -0.923. The zero-order chi connectivity index (χ0) is 12.9. The summed E-state index contributed by atoms with van der Waals surface area (Å²) in [6.45, 7) is 1.30. The maximum atomic E-state index is 9.70. The van der Waals surface area contributed by atoms with E-state index in [1.807, 2.05) is 0 Å². The molecule has 0 fully saturated rings. The van der Waals surface area contributed by atoms with Gasteiger partial charge in [0, 0.05) is 5.56 Å². The van der Waals surface area contributed by atoms with E-state index in [0.717, 1.165) is 0 Å². The Morgan fingerprint density at radius 3 is 1.88 bits per heavy atom. The fraction of sp³-hybridized carbons (Fsp3) is 0.100. The number of phenolic OH excluding ortho intramolecular Hbond substituents is 3. The molecule has 7 heteroatoms. The number of phenols is 3. The zero-order valence-electron chi connectivity index (χ0n) is 8.63. The van der Waals surface area contributed by atoms with Gasteiger partial charge in [-0.3, -0.25) is 0 Å². The topological polar surface area (TPSA) is 134 Å². The van der Waals surface area contributed by atoms with Crippen LogP contribution in [0.3, 0.4) is 0 Å². The minimum Gasteiger partial charge on any atom is -0.507 e. The van der Waals surface area contributed by atoms with Gasteiger partial charge in [0.25, 0.3) is 5.88 Å². The van der Waals surface area contributed by atoms with Crippen LogP contribution >= 0.6 is 0 Å². The second kappa shape index (κ2) is 3.21. The molecular weight excluding hydrogens is 230 g/mol. The summed E-state index contributed by atoms with van der Waals surface area (Å²) in [6, 6.07) is 0. The van der Waals surface area contributed by atoms with E-state index in [2.05, 4.69) is 4.98 Å². The van der Waals surface area contributed by atoms with Crippen LogP contribution in [0, 0.1) is 6.92 Å². The van der Waals surface area contributed by atoms with Crippen molar-refractivity contribution in [2.75, 3.05) is 0 Å². The van der Waals surface area contributed by atoms with Gasteiger partial charge in [0.1, 0.15) is 11.3 Å². The van der Waals surface area contributed by atoms with Crippen LogP contribution in [0.2, 0.25) is 0 Å². The van der Waals surface area contributed by atoms with Crippen LogP contribution in [0.15, 0.2) is 0 Å². The lowest BCUT2D eigenvalue weighted by atomic mass is 10.1. The maximum Gasteiger partial charge on any atom is 0.259 e. The molecule has 0 saturated heterocycles. The molecule has 0 saturated carbocycles. The van der Waals surface area contributed by atoms with Crippen LogP contribution in [-0.4, -0.2) is 35.6 Å². The minimum absolute atomic E-state index is 0.0859. The molecule has 2 aromatic rings. The SMILES string of the molecule is Cc1c(O)c(O)c2nc(O)c(O)c(O)c2c1O. The van der Waals surface area contributed by atoms with Gasteiger partial charge < -0.3 is 30.6 Å². The molecule has 17 heavy (non-hydrogen) atoms. The van der Waals surface area contributed by atoms with Gasteiger partial charge >= 0.3 is 0 Å². The predicted molar refractivity (Wildman–Crippen MR) is 56.5 cm³/mol. The van der Waals surface area contributed by atoms with Gasteiger partial charge in [0.15, 0.2) is 17.2 Å². The van der Waals surface area contributed by atoms with Crippen molar-refractivity contribution in [3.63, 3.8) is 0 Å². The van der Waals surface area contributed by atoms with E-state index in [9.17, 15) is 30.6 Å².